The SMILES string of the molecule is O=C(O)C(c1cc(C(F)(F)F)ccc1C(F)(F)F)C1CC1. The van der Waals surface area contributed by atoms with Crippen molar-refractivity contribution in [1.29, 1.82) is 0 Å². The Labute approximate surface area is 115 Å². The largest absolute Gasteiger partial charge is 0.481 e. The van der Waals surface area contributed by atoms with Crippen LogP contribution in [0.4, 0.5) is 26.3 Å². The average molecular weight is 312 g/mol. The molecule has 1 aliphatic rings. The van der Waals surface area contributed by atoms with Crippen LogP contribution in [0, 0.1) is 5.92 Å². The Morgan fingerprint density at radius 3 is 2.05 bits per heavy atom. The van der Waals surface area contributed by atoms with Crippen LogP contribution in [0.2, 0.25) is 0 Å². The molecule has 2 rings (SSSR count). The van der Waals surface area contributed by atoms with Crippen molar-refractivity contribution < 1.29 is 36.2 Å². The van der Waals surface area contributed by atoms with E-state index in [1.54, 1.807) is 0 Å². The maximum absolute atomic E-state index is 12.9. The van der Waals surface area contributed by atoms with Crippen molar-refractivity contribution in [3.05, 3.63) is 34.9 Å². The molecule has 1 aromatic carbocycles. The number of carboxylic acid groups (broad SMARTS) is 1. The van der Waals surface area contributed by atoms with Gasteiger partial charge in [0, 0.05) is 0 Å². The zero-order valence-corrected chi connectivity index (χ0v) is 10.4. The van der Waals surface area contributed by atoms with E-state index in [-0.39, 0.29) is 0 Å². The molecule has 8 heteroatoms. The lowest BCUT2D eigenvalue weighted by molar-refractivity contribution is -0.144. The summed E-state index contributed by atoms with van der Waals surface area (Å²) in [6.07, 6.45) is -8.94. The first-order valence-electron chi connectivity index (χ1n) is 6.03. The van der Waals surface area contributed by atoms with Crippen LogP contribution in [-0.2, 0) is 17.1 Å². The van der Waals surface area contributed by atoms with Gasteiger partial charge in [-0.3, -0.25) is 4.79 Å². The standard InChI is InChI=1S/C13H10F6O2/c14-12(15,16)7-3-4-9(13(17,18)19)8(5-7)10(11(20)21)6-1-2-6/h3-6,10H,1-2H2,(H,20,21). The highest BCUT2D eigenvalue weighted by molar-refractivity contribution is 5.78. The van der Waals surface area contributed by atoms with Crippen molar-refractivity contribution in [1.82, 2.24) is 0 Å². The van der Waals surface area contributed by atoms with Crippen molar-refractivity contribution in [3.8, 4) is 0 Å². The minimum absolute atomic E-state index is 0.302. The lowest BCUT2D eigenvalue weighted by Gasteiger charge is -2.20. The van der Waals surface area contributed by atoms with E-state index in [9.17, 15) is 31.1 Å². The molecule has 0 amide bonds. The molecule has 0 heterocycles. The van der Waals surface area contributed by atoms with Gasteiger partial charge < -0.3 is 5.11 Å². The van der Waals surface area contributed by atoms with Gasteiger partial charge in [0.15, 0.2) is 0 Å². The first-order valence-corrected chi connectivity index (χ1v) is 6.03. The number of carbonyl (C=O) groups is 1. The van der Waals surface area contributed by atoms with Gasteiger partial charge in [-0.1, -0.05) is 0 Å². The molecule has 1 atom stereocenters. The van der Waals surface area contributed by atoms with Gasteiger partial charge in [-0.05, 0) is 42.5 Å². The van der Waals surface area contributed by atoms with Crippen LogP contribution in [0.5, 0.6) is 0 Å². The number of benzene rings is 1. The third-order valence-corrected chi connectivity index (χ3v) is 3.38. The number of aliphatic carboxylic acids is 1. The molecule has 21 heavy (non-hydrogen) atoms. The summed E-state index contributed by atoms with van der Waals surface area (Å²) < 4.78 is 76.7. The van der Waals surface area contributed by atoms with Gasteiger partial charge in [-0.15, -0.1) is 0 Å². The highest BCUT2D eigenvalue weighted by atomic mass is 19.4. The summed E-state index contributed by atoms with van der Waals surface area (Å²) in [5, 5.41) is 9.07. The summed E-state index contributed by atoms with van der Waals surface area (Å²) in [6.45, 7) is 0. The van der Waals surface area contributed by atoms with Crippen LogP contribution in [-0.4, -0.2) is 11.1 Å². The second-order valence-electron chi connectivity index (χ2n) is 4.95. The Balaban J connectivity index is 2.60. The Kier molecular flexibility index (Phi) is 3.67. The van der Waals surface area contributed by atoms with Crippen molar-refractivity contribution in [2.75, 3.05) is 0 Å². The van der Waals surface area contributed by atoms with Gasteiger partial charge in [0.1, 0.15) is 0 Å². The number of halogens is 6. The third kappa shape index (κ3) is 3.30. The summed E-state index contributed by atoms with van der Waals surface area (Å²) in [5.74, 6) is -3.65. The molecule has 116 valence electrons. The number of hydrogen-bond acceptors (Lipinski definition) is 1. The quantitative estimate of drug-likeness (QED) is 0.845. The lowest BCUT2D eigenvalue weighted by Crippen LogP contribution is -2.20. The molecule has 1 N–H and O–H groups in total. The molecular formula is C13H10F6O2. The fraction of sp³-hybridized carbons (Fsp3) is 0.462. The van der Waals surface area contributed by atoms with Crippen molar-refractivity contribution in [2.24, 2.45) is 5.92 Å². The Bertz CT molecular complexity index is 557. The number of alkyl halides is 6. The molecule has 2 nitrogen and oxygen atoms in total. The molecule has 0 radical (unpaired) electrons. The maximum Gasteiger partial charge on any atom is 0.416 e. The van der Waals surface area contributed by atoms with Crippen LogP contribution in [0.1, 0.15) is 35.4 Å². The van der Waals surface area contributed by atoms with Crippen molar-refractivity contribution in [3.63, 3.8) is 0 Å². The smallest absolute Gasteiger partial charge is 0.416 e. The van der Waals surface area contributed by atoms with Crippen molar-refractivity contribution in [2.45, 2.75) is 31.1 Å². The van der Waals surface area contributed by atoms with Crippen LogP contribution in [0.25, 0.3) is 0 Å². The zero-order valence-electron chi connectivity index (χ0n) is 10.4. The minimum Gasteiger partial charge on any atom is -0.481 e. The number of carboxylic acids is 1. The predicted molar refractivity (Wildman–Crippen MR) is 59.5 cm³/mol. The third-order valence-electron chi connectivity index (χ3n) is 3.38. The number of rotatable bonds is 3. The van der Waals surface area contributed by atoms with Gasteiger partial charge in [0.05, 0.1) is 17.0 Å². The summed E-state index contributed by atoms with van der Waals surface area (Å²) >= 11 is 0. The summed E-state index contributed by atoms with van der Waals surface area (Å²) in [5.41, 5.74) is -3.42. The fourth-order valence-corrected chi connectivity index (χ4v) is 2.27. The molecule has 1 saturated carbocycles. The highest BCUT2D eigenvalue weighted by Crippen LogP contribution is 2.47. The number of hydrogen-bond donors (Lipinski definition) is 1. The first kappa shape index (κ1) is 15.7. The Morgan fingerprint density at radius 1 is 1.10 bits per heavy atom. The van der Waals surface area contributed by atoms with E-state index in [2.05, 4.69) is 0 Å². The average Bonchev–Trinajstić information content (AvgIpc) is 3.10. The molecule has 1 aromatic rings. The monoisotopic (exact) mass is 312 g/mol. The normalized spacial score (nSPS) is 17.6. The molecule has 0 bridgehead atoms. The zero-order chi connectivity index (χ0) is 16.0. The summed E-state index contributed by atoms with van der Waals surface area (Å²) in [7, 11) is 0. The fourth-order valence-electron chi connectivity index (χ4n) is 2.27. The summed E-state index contributed by atoms with van der Waals surface area (Å²) in [6, 6.07) is 0.925. The lowest BCUT2D eigenvalue weighted by atomic mass is 9.88. The highest BCUT2D eigenvalue weighted by Gasteiger charge is 2.44. The molecular weight excluding hydrogens is 302 g/mol. The van der Waals surface area contributed by atoms with E-state index < -0.39 is 46.8 Å². The molecule has 0 aliphatic heterocycles. The topological polar surface area (TPSA) is 37.3 Å². The maximum atomic E-state index is 12.9. The Morgan fingerprint density at radius 2 is 1.67 bits per heavy atom. The van der Waals surface area contributed by atoms with Gasteiger partial charge in [-0.25, -0.2) is 0 Å². The van der Waals surface area contributed by atoms with Gasteiger partial charge in [0.25, 0.3) is 0 Å². The van der Waals surface area contributed by atoms with Crippen LogP contribution in [0.15, 0.2) is 18.2 Å². The van der Waals surface area contributed by atoms with Crippen LogP contribution < -0.4 is 0 Å². The minimum atomic E-state index is -4.90. The molecule has 1 fully saturated rings. The van der Waals surface area contributed by atoms with Gasteiger partial charge in [-0.2, -0.15) is 26.3 Å². The van der Waals surface area contributed by atoms with Gasteiger partial charge in [0.2, 0.25) is 0 Å². The van der Waals surface area contributed by atoms with E-state index in [4.69, 9.17) is 5.11 Å². The van der Waals surface area contributed by atoms with Gasteiger partial charge >= 0.3 is 18.3 Å². The van der Waals surface area contributed by atoms with Crippen LogP contribution in [0.3, 0.4) is 0 Å². The predicted octanol–water partition coefficient (Wildman–Crippen LogP) is 4.30. The second kappa shape index (κ2) is 4.92. The van der Waals surface area contributed by atoms with Crippen molar-refractivity contribution >= 4 is 5.97 Å². The molecule has 0 saturated heterocycles. The molecule has 1 aliphatic carbocycles. The van der Waals surface area contributed by atoms with E-state index in [1.807, 2.05) is 0 Å². The Hall–Kier alpha value is -1.73. The van der Waals surface area contributed by atoms with Crippen LogP contribution >= 0.6 is 0 Å². The molecule has 0 spiro atoms. The molecule has 1 unspecified atom stereocenters. The summed E-state index contributed by atoms with van der Waals surface area (Å²) in [4.78, 5) is 11.2. The second-order valence-corrected chi connectivity index (χ2v) is 4.95. The van der Waals surface area contributed by atoms with E-state index in [1.165, 1.54) is 0 Å². The van der Waals surface area contributed by atoms with E-state index in [0.717, 1.165) is 0 Å². The van der Waals surface area contributed by atoms with E-state index in [0.29, 0.717) is 31.0 Å². The first-order chi connectivity index (χ1) is 9.51. The molecule has 0 aromatic heterocycles. The van der Waals surface area contributed by atoms with E-state index >= 15 is 0 Å².